The molecule has 2 unspecified atom stereocenters. The van der Waals surface area contributed by atoms with Gasteiger partial charge in [-0.1, -0.05) is 28.1 Å². The second kappa shape index (κ2) is 5.33. The van der Waals surface area contributed by atoms with Gasteiger partial charge >= 0.3 is 5.97 Å². The summed E-state index contributed by atoms with van der Waals surface area (Å²) in [7, 11) is 0. The molecule has 1 aliphatic heterocycles. The number of benzene rings is 1. The Morgan fingerprint density at radius 1 is 1.37 bits per heavy atom. The Balaban J connectivity index is 2.43. The van der Waals surface area contributed by atoms with Crippen LogP contribution in [0.5, 0.6) is 0 Å². The Hall–Kier alpha value is -1.36. The first-order chi connectivity index (χ1) is 8.91. The molecule has 1 N–H and O–H groups in total. The minimum absolute atomic E-state index is 0.00880. The molecule has 1 heterocycles. The van der Waals surface area contributed by atoms with E-state index < -0.39 is 11.9 Å². The zero-order valence-corrected chi connectivity index (χ0v) is 12.4. The number of carbonyl (C=O) groups is 2. The highest BCUT2D eigenvalue weighted by atomic mass is 79.9. The molecule has 1 saturated heterocycles. The maximum Gasteiger partial charge on any atom is 0.309 e. The van der Waals surface area contributed by atoms with Gasteiger partial charge in [-0.25, -0.2) is 0 Å². The van der Waals surface area contributed by atoms with Crippen LogP contribution in [0.1, 0.15) is 31.9 Å². The Bertz CT molecular complexity index is 498. The number of aliphatic carboxylic acids is 1. The van der Waals surface area contributed by atoms with Gasteiger partial charge in [0.25, 0.3) is 0 Å². The Labute approximate surface area is 120 Å². The smallest absolute Gasteiger partial charge is 0.309 e. The van der Waals surface area contributed by atoms with Gasteiger partial charge in [0.2, 0.25) is 5.91 Å². The van der Waals surface area contributed by atoms with E-state index >= 15 is 0 Å². The lowest BCUT2D eigenvalue weighted by Crippen LogP contribution is -2.36. The van der Waals surface area contributed by atoms with Crippen molar-refractivity contribution in [3.8, 4) is 0 Å². The van der Waals surface area contributed by atoms with Crippen LogP contribution in [-0.2, 0) is 9.59 Å². The molecule has 1 aliphatic rings. The summed E-state index contributed by atoms with van der Waals surface area (Å²) in [6, 6.07) is 7.10. The van der Waals surface area contributed by atoms with Gasteiger partial charge in [-0.2, -0.15) is 0 Å². The van der Waals surface area contributed by atoms with Crippen LogP contribution in [0.4, 0.5) is 0 Å². The molecular formula is C14H16BrNO3. The molecule has 0 aromatic heterocycles. The number of carboxylic acid groups (broad SMARTS) is 1. The molecule has 4 nitrogen and oxygen atoms in total. The van der Waals surface area contributed by atoms with Crippen molar-refractivity contribution in [1.82, 2.24) is 4.90 Å². The molecule has 2 rings (SSSR count). The van der Waals surface area contributed by atoms with Crippen molar-refractivity contribution in [3.05, 3.63) is 34.3 Å². The molecule has 0 saturated carbocycles. The maximum absolute atomic E-state index is 12.0. The first kappa shape index (κ1) is 14.1. The lowest BCUT2D eigenvalue weighted by atomic mass is 9.93. The number of hydrogen-bond acceptors (Lipinski definition) is 2. The van der Waals surface area contributed by atoms with E-state index in [2.05, 4.69) is 15.9 Å². The average Bonchev–Trinajstić information content (AvgIpc) is 2.68. The van der Waals surface area contributed by atoms with Crippen LogP contribution in [0.3, 0.4) is 0 Å². The van der Waals surface area contributed by atoms with E-state index in [1.807, 2.05) is 38.1 Å². The Kier molecular flexibility index (Phi) is 3.94. The maximum atomic E-state index is 12.0. The highest BCUT2D eigenvalue weighted by molar-refractivity contribution is 9.10. The minimum Gasteiger partial charge on any atom is -0.481 e. The van der Waals surface area contributed by atoms with Gasteiger partial charge in [0.15, 0.2) is 0 Å². The van der Waals surface area contributed by atoms with Crippen LogP contribution >= 0.6 is 15.9 Å². The van der Waals surface area contributed by atoms with E-state index in [1.165, 1.54) is 0 Å². The summed E-state index contributed by atoms with van der Waals surface area (Å²) in [6.07, 6.45) is 0.0776. The van der Waals surface area contributed by atoms with E-state index in [4.69, 9.17) is 0 Å². The molecule has 0 radical (unpaired) electrons. The lowest BCUT2D eigenvalue weighted by Gasteiger charge is -2.30. The van der Waals surface area contributed by atoms with Crippen molar-refractivity contribution >= 4 is 27.8 Å². The predicted molar refractivity (Wildman–Crippen MR) is 74.6 cm³/mol. The number of halogens is 1. The van der Waals surface area contributed by atoms with E-state index in [1.54, 1.807) is 4.90 Å². The molecule has 0 bridgehead atoms. The molecule has 1 aromatic rings. The van der Waals surface area contributed by atoms with E-state index in [0.29, 0.717) is 0 Å². The van der Waals surface area contributed by atoms with Gasteiger partial charge in [0.05, 0.1) is 12.0 Å². The summed E-state index contributed by atoms with van der Waals surface area (Å²) in [5.41, 5.74) is 0.871. The average molecular weight is 326 g/mol. The van der Waals surface area contributed by atoms with E-state index in [9.17, 15) is 14.7 Å². The summed E-state index contributed by atoms with van der Waals surface area (Å²) >= 11 is 3.36. The first-order valence-electron chi connectivity index (χ1n) is 6.21. The quantitative estimate of drug-likeness (QED) is 0.929. The van der Waals surface area contributed by atoms with Gasteiger partial charge < -0.3 is 10.0 Å². The molecule has 1 fully saturated rings. The molecule has 5 heteroatoms. The van der Waals surface area contributed by atoms with Crippen molar-refractivity contribution in [2.45, 2.75) is 32.4 Å². The summed E-state index contributed by atoms with van der Waals surface area (Å²) in [5, 5.41) is 9.33. The minimum atomic E-state index is -0.913. The number of carboxylic acids is 1. The van der Waals surface area contributed by atoms with Crippen LogP contribution in [0.2, 0.25) is 0 Å². The first-order valence-corrected chi connectivity index (χ1v) is 7.00. The van der Waals surface area contributed by atoms with Gasteiger partial charge in [-0.15, -0.1) is 0 Å². The molecule has 0 spiro atoms. The SMILES string of the molecule is CC(C)N1C(=O)CC(C(=O)O)C1c1ccc(Br)cc1. The predicted octanol–water partition coefficient (Wildman–Crippen LogP) is 2.83. The van der Waals surface area contributed by atoms with Crippen LogP contribution in [0, 0.1) is 5.92 Å². The van der Waals surface area contributed by atoms with E-state index in [0.717, 1.165) is 10.0 Å². The third kappa shape index (κ3) is 2.66. The zero-order valence-electron chi connectivity index (χ0n) is 10.8. The van der Waals surface area contributed by atoms with Crippen molar-refractivity contribution in [2.75, 3.05) is 0 Å². The van der Waals surface area contributed by atoms with Crippen molar-refractivity contribution in [2.24, 2.45) is 5.92 Å². The fraction of sp³-hybridized carbons (Fsp3) is 0.429. The van der Waals surface area contributed by atoms with Gasteiger partial charge in [0, 0.05) is 16.9 Å². The summed E-state index contributed by atoms with van der Waals surface area (Å²) in [6.45, 7) is 3.82. The largest absolute Gasteiger partial charge is 0.481 e. The topological polar surface area (TPSA) is 57.6 Å². The number of amides is 1. The molecule has 19 heavy (non-hydrogen) atoms. The Morgan fingerprint density at radius 3 is 2.42 bits per heavy atom. The Morgan fingerprint density at radius 2 is 1.95 bits per heavy atom. The van der Waals surface area contributed by atoms with Crippen LogP contribution < -0.4 is 0 Å². The van der Waals surface area contributed by atoms with Gasteiger partial charge in [0.1, 0.15) is 0 Å². The van der Waals surface area contributed by atoms with Crippen molar-refractivity contribution < 1.29 is 14.7 Å². The van der Waals surface area contributed by atoms with Crippen molar-refractivity contribution in [1.29, 1.82) is 0 Å². The zero-order chi connectivity index (χ0) is 14.2. The normalized spacial score (nSPS) is 23.2. The fourth-order valence-electron chi connectivity index (χ4n) is 2.64. The summed E-state index contributed by atoms with van der Waals surface area (Å²) in [4.78, 5) is 25.1. The molecule has 102 valence electrons. The molecular weight excluding hydrogens is 310 g/mol. The second-order valence-corrected chi connectivity index (χ2v) is 5.96. The third-order valence-electron chi connectivity index (χ3n) is 3.45. The standard InChI is InChI=1S/C14H16BrNO3/c1-8(2)16-12(17)7-11(14(18)19)13(16)9-3-5-10(15)6-4-9/h3-6,8,11,13H,7H2,1-2H3,(H,18,19). The number of nitrogens with zero attached hydrogens (tertiary/aromatic N) is 1. The highest BCUT2D eigenvalue weighted by Crippen LogP contribution is 2.39. The summed E-state index contributed by atoms with van der Waals surface area (Å²) in [5.74, 6) is -1.67. The molecule has 0 aliphatic carbocycles. The number of rotatable bonds is 3. The second-order valence-electron chi connectivity index (χ2n) is 5.04. The lowest BCUT2D eigenvalue weighted by molar-refractivity contribution is -0.142. The number of carbonyl (C=O) groups excluding carboxylic acids is 1. The van der Waals surface area contributed by atoms with Gasteiger partial charge in [-0.05, 0) is 31.5 Å². The molecule has 1 aromatic carbocycles. The third-order valence-corrected chi connectivity index (χ3v) is 3.98. The molecule has 1 amide bonds. The van der Waals surface area contributed by atoms with Crippen LogP contribution in [0.15, 0.2) is 28.7 Å². The highest BCUT2D eigenvalue weighted by Gasteiger charge is 2.45. The van der Waals surface area contributed by atoms with Gasteiger partial charge in [-0.3, -0.25) is 9.59 Å². The number of likely N-dealkylation sites (tertiary alicyclic amines) is 1. The monoisotopic (exact) mass is 325 g/mol. The van der Waals surface area contributed by atoms with Crippen LogP contribution in [0.25, 0.3) is 0 Å². The van der Waals surface area contributed by atoms with E-state index in [-0.39, 0.29) is 24.4 Å². The fourth-order valence-corrected chi connectivity index (χ4v) is 2.90. The number of hydrogen-bond donors (Lipinski definition) is 1. The van der Waals surface area contributed by atoms with Crippen molar-refractivity contribution in [3.63, 3.8) is 0 Å². The van der Waals surface area contributed by atoms with Crippen LogP contribution in [-0.4, -0.2) is 27.9 Å². The molecule has 2 atom stereocenters. The summed E-state index contributed by atoms with van der Waals surface area (Å²) < 4.78 is 0.934.